The molecule has 0 aliphatic rings. The number of hydrogen-bond acceptors (Lipinski definition) is 2. The number of thioether (sulfide) groups is 1. The van der Waals surface area contributed by atoms with E-state index in [2.05, 4.69) is 43.3 Å². The van der Waals surface area contributed by atoms with Gasteiger partial charge in [-0.05, 0) is 35.9 Å². The van der Waals surface area contributed by atoms with Crippen molar-refractivity contribution in [3.8, 4) is 11.1 Å². The summed E-state index contributed by atoms with van der Waals surface area (Å²) in [6, 6.07) is 16.7. The van der Waals surface area contributed by atoms with E-state index in [0.717, 1.165) is 9.80 Å². The van der Waals surface area contributed by atoms with Crippen LogP contribution in [0.3, 0.4) is 0 Å². The van der Waals surface area contributed by atoms with Gasteiger partial charge in [0.1, 0.15) is 0 Å². The van der Waals surface area contributed by atoms with Gasteiger partial charge in [0.2, 0.25) is 0 Å². The molecular formula is C17H18OS2. The van der Waals surface area contributed by atoms with E-state index in [4.69, 9.17) is 0 Å². The van der Waals surface area contributed by atoms with E-state index >= 15 is 0 Å². The molecule has 0 saturated carbocycles. The van der Waals surface area contributed by atoms with E-state index in [-0.39, 0.29) is 0 Å². The Labute approximate surface area is 127 Å². The van der Waals surface area contributed by atoms with Crippen LogP contribution >= 0.6 is 11.8 Å². The molecule has 2 rings (SSSR count). The summed E-state index contributed by atoms with van der Waals surface area (Å²) in [7, 11) is -0.949. The summed E-state index contributed by atoms with van der Waals surface area (Å²) in [5, 5.41) is 0. The normalized spacial score (nSPS) is 13.2. The first kappa shape index (κ1) is 15.1. The summed E-state index contributed by atoms with van der Waals surface area (Å²) < 4.78 is 12.6. The summed E-state index contributed by atoms with van der Waals surface area (Å²) in [4.78, 5) is 0. The first-order chi connectivity index (χ1) is 9.61. The highest BCUT2D eigenvalue weighted by atomic mass is 32.2. The minimum atomic E-state index is -0.949. The predicted octanol–water partition coefficient (Wildman–Crippen LogP) is 4.70. The smallest absolute Gasteiger partial charge is 0.0716 e. The van der Waals surface area contributed by atoms with Crippen molar-refractivity contribution >= 4 is 28.6 Å². The lowest BCUT2D eigenvalue weighted by Crippen LogP contribution is -1.89. The molecule has 0 bridgehead atoms. The van der Waals surface area contributed by atoms with Gasteiger partial charge in [-0.2, -0.15) is 0 Å². The predicted molar refractivity (Wildman–Crippen MR) is 92.2 cm³/mol. The molecule has 20 heavy (non-hydrogen) atoms. The topological polar surface area (TPSA) is 17.1 Å². The Morgan fingerprint density at radius 2 is 1.90 bits per heavy atom. The minimum absolute atomic E-state index is 0.894. The van der Waals surface area contributed by atoms with Crippen molar-refractivity contribution in [1.82, 2.24) is 0 Å². The van der Waals surface area contributed by atoms with Gasteiger partial charge < -0.3 is 0 Å². The molecule has 0 spiro atoms. The molecule has 2 aromatic rings. The zero-order chi connectivity index (χ0) is 14.5. The van der Waals surface area contributed by atoms with E-state index in [0.29, 0.717) is 0 Å². The lowest BCUT2D eigenvalue weighted by atomic mass is 9.98. The lowest BCUT2D eigenvalue weighted by molar-refractivity contribution is 0.691. The van der Waals surface area contributed by atoms with Crippen LogP contribution in [0.4, 0.5) is 0 Å². The maximum absolute atomic E-state index is 11.7. The maximum Gasteiger partial charge on any atom is 0.0716 e. The first-order valence-electron chi connectivity index (χ1n) is 6.37. The molecule has 0 fully saturated rings. The molecule has 0 aliphatic carbocycles. The molecule has 0 heterocycles. The highest BCUT2D eigenvalue weighted by Crippen LogP contribution is 2.28. The fraction of sp³-hybridized carbons (Fsp3) is 0.176. The molecule has 0 saturated heterocycles. The van der Waals surface area contributed by atoms with E-state index in [1.54, 1.807) is 18.0 Å². The summed E-state index contributed by atoms with van der Waals surface area (Å²) >= 11 is 1.54. The highest BCUT2D eigenvalue weighted by molar-refractivity contribution is 8.16. The fourth-order valence-corrected chi connectivity index (χ4v) is 3.56. The quantitative estimate of drug-likeness (QED) is 0.814. The third-order valence-electron chi connectivity index (χ3n) is 3.05. The Bertz CT molecular complexity index is 660. The van der Waals surface area contributed by atoms with Gasteiger partial charge in [-0.1, -0.05) is 54.1 Å². The summed E-state index contributed by atoms with van der Waals surface area (Å²) in [5.74, 6) is 0. The van der Waals surface area contributed by atoms with Gasteiger partial charge in [-0.3, -0.25) is 4.21 Å². The van der Waals surface area contributed by atoms with E-state index in [1.165, 1.54) is 16.7 Å². The molecule has 1 nitrogen and oxygen atoms in total. The standard InChI is InChI=1S/C17H18OS2/c1-13-7-6-9-14(11-13)16-10-5-4-8-15(16)12-17(19-2)20(3)18/h4-12H,1-3H3/b17-12+. The van der Waals surface area contributed by atoms with Crippen LogP contribution in [0, 0.1) is 6.92 Å². The van der Waals surface area contributed by atoms with Crippen molar-refractivity contribution in [1.29, 1.82) is 0 Å². The zero-order valence-electron chi connectivity index (χ0n) is 11.9. The maximum atomic E-state index is 11.7. The second-order valence-corrected chi connectivity index (χ2v) is 7.03. The molecule has 0 N–H and O–H groups in total. The number of hydrogen-bond donors (Lipinski definition) is 0. The largest absolute Gasteiger partial charge is 0.254 e. The third kappa shape index (κ3) is 3.62. The van der Waals surface area contributed by atoms with E-state index in [9.17, 15) is 4.21 Å². The Morgan fingerprint density at radius 3 is 2.55 bits per heavy atom. The van der Waals surface area contributed by atoms with Crippen molar-refractivity contribution in [2.75, 3.05) is 12.5 Å². The molecule has 104 valence electrons. The SMILES string of the molecule is CS/C(=C\c1ccccc1-c1cccc(C)c1)S(C)=O. The van der Waals surface area contributed by atoms with Crippen LogP contribution in [0.1, 0.15) is 11.1 Å². The summed E-state index contributed by atoms with van der Waals surface area (Å²) in [6.45, 7) is 2.09. The molecule has 1 atom stereocenters. The molecule has 0 radical (unpaired) electrons. The first-order valence-corrected chi connectivity index (χ1v) is 9.15. The van der Waals surface area contributed by atoms with Gasteiger partial charge in [-0.25, -0.2) is 0 Å². The van der Waals surface area contributed by atoms with Crippen LogP contribution in [0.25, 0.3) is 17.2 Å². The number of aryl methyl sites for hydroxylation is 1. The average molecular weight is 302 g/mol. The Kier molecular flexibility index (Phi) is 5.21. The zero-order valence-corrected chi connectivity index (χ0v) is 13.6. The molecule has 0 aromatic heterocycles. The molecule has 0 amide bonds. The Morgan fingerprint density at radius 1 is 1.15 bits per heavy atom. The van der Waals surface area contributed by atoms with Gasteiger partial charge in [0.15, 0.2) is 0 Å². The Hall–Kier alpha value is -1.32. The van der Waals surface area contributed by atoms with Gasteiger partial charge >= 0.3 is 0 Å². The van der Waals surface area contributed by atoms with Crippen LogP contribution in [0.5, 0.6) is 0 Å². The van der Waals surface area contributed by atoms with Crippen molar-refractivity contribution < 1.29 is 4.21 Å². The van der Waals surface area contributed by atoms with Crippen LogP contribution in [0.15, 0.2) is 52.8 Å². The lowest BCUT2D eigenvalue weighted by Gasteiger charge is -2.08. The average Bonchev–Trinajstić information content (AvgIpc) is 2.44. The second kappa shape index (κ2) is 6.91. The van der Waals surface area contributed by atoms with E-state index in [1.807, 2.05) is 24.5 Å². The van der Waals surface area contributed by atoms with Gasteiger partial charge in [0.05, 0.1) is 15.0 Å². The number of benzene rings is 2. The van der Waals surface area contributed by atoms with E-state index < -0.39 is 10.8 Å². The second-order valence-electron chi connectivity index (χ2n) is 4.58. The van der Waals surface area contributed by atoms with Crippen molar-refractivity contribution in [2.45, 2.75) is 6.92 Å². The fourth-order valence-electron chi connectivity index (χ4n) is 2.08. The van der Waals surface area contributed by atoms with Crippen molar-refractivity contribution in [2.24, 2.45) is 0 Å². The number of rotatable bonds is 4. The van der Waals surface area contributed by atoms with Gasteiger partial charge in [0, 0.05) is 6.26 Å². The Balaban J connectivity index is 2.54. The summed E-state index contributed by atoms with van der Waals surface area (Å²) in [6.07, 6.45) is 5.71. The van der Waals surface area contributed by atoms with Crippen LogP contribution in [-0.4, -0.2) is 16.7 Å². The molecule has 1 unspecified atom stereocenters. The van der Waals surface area contributed by atoms with Gasteiger partial charge in [0.25, 0.3) is 0 Å². The van der Waals surface area contributed by atoms with Crippen LogP contribution < -0.4 is 0 Å². The molecule has 0 aliphatic heterocycles. The third-order valence-corrected chi connectivity index (χ3v) is 5.46. The molecular weight excluding hydrogens is 284 g/mol. The summed E-state index contributed by atoms with van der Waals surface area (Å²) in [5.41, 5.74) is 4.72. The monoisotopic (exact) mass is 302 g/mol. The molecule has 3 heteroatoms. The van der Waals surface area contributed by atoms with Gasteiger partial charge in [-0.15, -0.1) is 11.8 Å². The van der Waals surface area contributed by atoms with Crippen molar-refractivity contribution in [3.05, 3.63) is 63.9 Å². The highest BCUT2D eigenvalue weighted by Gasteiger charge is 2.06. The molecule has 2 aromatic carbocycles. The van der Waals surface area contributed by atoms with Crippen LogP contribution in [-0.2, 0) is 10.8 Å². The van der Waals surface area contributed by atoms with Crippen LogP contribution in [0.2, 0.25) is 0 Å². The minimum Gasteiger partial charge on any atom is -0.254 e. The van der Waals surface area contributed by atoms with Crippen molar-refractivity contribution in [3.63, 3.8) is 0 Å².